The van der Waals surface area contributed by atoms with Crippen molar-refractivity contribution in [3.8, 4) is 23.0 Å². The van der Waals surface area contributed by atoms with Crippen molar-refractivity contribution in [3.05, 3.63) is 47.5 Å². The van der Waals surface area contributed by atoms with Gasteiger partial charge in [-0.05, 0) is 116 Å². The highest BCUT2D eigenvalue weighted by atomic mass is 16.6. The van der Waals surface area contributed by atoms with E-state index in [1.807, 2.05) is 18.2 Å². The summed E-state index contributed by atoms with van der Waals surface area (Å²) in [6.45, 7) is 5.84. The number of hydrogen-bond acceptors (Lipinski definition) is 12. The molecule has 2 aliphatic heterocycles. The summed E-state index contributed by atoms with van der Waals surface area (Å²) in [5, 5.41) is 8.78. The smallest absolute Gasteiger partial charge is 0.413 e. The number of methoxy groups -OCH3 is 3. The Morgan fingerprint density at radius 2 is 1.53 bits per heavy atom. The van der Waals surface area contributed by atoms with Gasteiger partial charge in [-0.25, -0.2) is 9.59 Å². The summed E-state index contributed by atoms with van der Waals surface area (Å²) >= 11 is 0. The number of hydrogen-bond donors (Lipinski definition) is 4. The molecule has 4 bridgehead atoms. The molecule has 2 aromatic rings. The number of nitrogens with one attached hydrogen (secondary N) is 3. The minimum atomic E-state index is -0.896. The fourth-order valence-corrected chi connectivity index (χ4v) is 11.8. The van der Waals surface area contributed by atoms with Crippen molar-refractivity contribution < 1.29 is 52.4 Å². The molecule has 6 atom stereocenters. The number of ether oxygens (including phenoxy) is 6. The quantitative estimate of drug-likeness (QED) is 0.127. The number of cyclic esters (lactones) is 1. The van der Waals surface area contributed by atoms with Gasteiger partial charge >= 0.3 is 18.2 Å². The Balaban J connectivity index is 0.798. The van der Waals surface area contributed by atoms with Crippen molar-refractivity contribution in [2.24, 2.45) is 34.3 Å². The molecular weight excluding hydrogens is 799 g/mol. The van der Waals surface area contributed by atoms with Gasteiger partial charge in [-0.15, -0.1) is 0 Å². The number of likely N-dealkylation sites (tertiary alicyclic amines) is 1. The van der Waals surface area contributed by atoms with Crippen LogP contribution in [0.3, 0.4) is 0 Å². The van der Waals surface area contributed by atoms with Crippen LogP contribution >= 0.6 is 0 Å². The minimum absolute atomic E-state index is 0.0356. The van der Waals surface area contributed by atoms with Gasteiger partial charge in [0.2, 0.25) is 11.8 Å². The minimum Gasteiger partial charge on any atom is -0.493 e. The van der Waals surface area contributed by atoms with Crippen LogP contribution in [0.2, 0.25) is 0 Å². The van der Waals surface area contributed by atoms with E-state index in [1.54, 1.807) is 37.3 Å². The lowest BCUT2D eigenvalue weighted by Crippen LogP contribution is -2.65. The van der Waals surface area contributed by atoms with Gasteiger partial charge in [0.05, 0.1) is 52.5 Å². The third-order valence-electron chi connectivity index (χ3n) is 13.6. The van der Waals surface area contributed by atoms with Crippen LogP contribution in [-0.2, 0) is 36.7 Å². The molecule has 0 radical (unpaired) electrons. The predicted molar refractivity (Wildman–Crippen MR) is 227 cm³/mol. The summed E-state index contributed by atoms with van der Waals surface area (Å²) in [7, 11) is 4.63. The number of carbonyl (C=O) groups excluding carboxylic acids is 5. The van der Waals surface area contributed by atoms with Gasteiger partial charge in [0.25, 0.3) is 0 Å². The summed E-state index contributed by atoms with van der Waals surface area (Å²) in [6.07, 6.45) is 7.22. The number of benzene rings is 2. The van der Waals surface area contributed by atoms with Crippen LogP contribution < -0.4 is 40.6 Å². The number of alkyl carbamates (subject to hydrolysis) is 1. The molecule has 5 N–H and O–H groups in total. The van der Waals surface area contributed by atoms with Crippen LogP contribution in [-0.4, -0.2) is 107 Å². The number of esters is 1. The molecule has 0 spiro atoms. The van der Waals surface area contributed by atoms with Gasteiger partial charge in [-0.1, -0.05) is 26.0 Å². The Hall–Kier alpha value is -5.25. The Labute approximate surface area is 363 Å². The van der Waals surface area contributed by atoms with Crippen molar-refractivity contribution in [2.75, 3.05) is 54.2 Å². The number of nitrogens with two attached hydrogens (primary N) is 1. The lowest BCUT2D eigenvalue weighted by atomic mass is 9.43. The van der Waals surface area contributed by atoms with Crippen LogP contribution in [0.15, 0.2) is 36.4 Å². The lowest BCUT2D eigenvalue weighted by Gasteiger charge is -2.65. The van der Waals surface area contributed by atoms with Crippen LogP contribution in [0.1, 0.15) is 82.8 Å². The van der Waals surface area contributed by atoms with E-state index in [2.05, 4.69) is 29.8 Å². The van der Waals surface area contributed by atoms with E-state index in [4.69, 9.17) is 34.2 Å². The number of rotatable bonds is 17. The lowest BCUT2D eigenvalue weighted by molar-refractivity contribution is -0.141. The average Bonchev–Trinajstić information content (AvgIpc) is 3.82. The van der Waals surface area contributed by atoms with E-state index in [0.29, 0.717) is 55.6 Å². The molecule has 0 aromatic heterocycles. The molecule has 16 nitrogen and oxygen atoms in total. The third kappa shape index (κ3) is 10.5. The van der Waals surface area contributed by atoms with Gasteiger partial charge in [0.15, 0.2) is 23.0 Å². The first-order valence-electron chi connectivity index (χ1n) is 21.9. The third-order valence-corrected chi connectivity index (χ3v) is 13.6. The van der Waals surface area contributed by atoms with Crippen molar-refractivity contribution in [1.82, 2.24) is 20.9 Å². The van der Waals surface area contributed by atoms with Crippen LogP contribution in [0.4, 0.5) is 9.59 Å². The number of nitrogens with zero attached hydrogens (tertiary/aromatic N) is 1. The Morgan fingerprint density at radius 1 is 0.871 bits per heavy atom. The standard InChI is InChI=1S/C46H63N5O11/c1-44-20-30-21-45(2,25-44)27-46(22-30,26-44)50-43(56)60-15-13-48-39(52)11-8-34(47)40(53)51-14-12-32(23-51)49-42(55)62-36-10-7-29(19-38(36)59-5)17-33-31(24-61-41(33)54)16-28-6-9-35(57-3)37(18-28)58-4/h6-7,9-10,18-19,30-34H,8,11-17,20-27,47H2,1-5H3,(H,48,52)(H,49,55)(H,50,56)/t30?,31-,32-,33+,34-,44?,45?,46?/m0/s1. The molecule has 2 heterocycles. The fraction of sp³-hybridized carbons (Fsp3) is 0.630. The summed E-state index contributed by atoms with van der Waals surface area (Å²) < 4.78 is 32.9. The van der Waals surface area contributed by atoms with Gasteiger partial charge < -0.3 is 55.0 Å². The van der Waals surface area contributed by atoms with Crippen molar-refractivity contribution in [3.63, 3.8) is 0 Å². The molecule has 4 aliphatic carbocycles. The zero-order valence-corrected chi connectivity index (χ0v) is 36.7. The Morgan fingerprint density at radius 3 is 2.21 bits per heavy atom. The monoisotopic (exact) mass is 861 g/mol. The zero-order valence-electron chi connectivity index (χ0n) is 36.7. The van der Waals surface area contributed by atoms with Gasteiger partial charge in [-0.2, -0.15) is 0 Å². The van der Waals surface area contributed by atoms with Crippen LogP contribution in [0, 0.1) is 28.6 Å². The normalized spacial score (nSPS) is 28.7. The fourth-order valence-electron chi connectivity index (χ4n) is 11.8. The highest BCUT2D eigenvalue weighted by Crippen LogP contribution is 2.66. The second kappa shape index (κ2) is 18.6. The van der Waals surface area contributed by atoms with Crippen molar-refractivity contribution in [2.45, 2.75) is 102 Å². The maximum absolute atomic E-state index is 13.1. The first-order valence-corrected chi connectivity index (χ1v) is 21.9. The molecule has 4 saturated carbocycles. The maximum Gasteiger partial charge on any atom is 0.413 e. The highest BCUT2D eigenvalue weighted by Gasteiger charge is 2.60. The SMILES string of the molecule is COc1ccc(C[C@H]2COC(=O)[C@@H]2Cc2ccc(OC(=O)N[C@H]3CCN(C(=O)[C@@H](N)CCC(=O)NCCOC(=O)NC45CC6CC(C)(CC(C)(C6)C4)C5)C3)c(OC)c2)cc1OC. The molecule has 6 fully saturated rings. The summed E-state index contributed by atoms with van der Waals surface area (Å²) in [5.41, 5.74) is 8.35. The molecule has 338 valence electrons. The maximum atomic E-state index is 13.1. The highest BCUT2D eigenvalue weighted by molar-refractivity contribution is 5.83. The topological polar surface area (TPSA) is 206 Å². The van der Waals surface area contributed by atoms with E-state index in [1.165, 1.54) is 26.4 Å². The molecular formula is C46H63N5O11. The molecule has 16 heteroatoms. The summed E-state index contributed by atoms with van der Waals surface area (Å²) in [6, 6.07) is 9.60. The molecule has 62 heavy (non-hydrogen) atoms. The second-order valence-electron chi connectivity index (χ2n) is 19.0. The molecule has 6 aliphatic rings. The first-order chi connectivity index (χ1) is 29.6. The summed E-state index contributed by atoms with van der Waals surface area (Å²) in [5.74, 6) is 1.12. The summed E-state index contributed by atoms with van der Waals surface area (Å²) in [4.78, 5) is 65.8. The molecule has 2 saturated heterocycles. The predicted octanol–water partition coefficient (Wildman–Crippen LogP) is 4.68. The van der Waals surface area contributed by atoms with Gasteiger partial charge in [-0.3, -0.25) is 14.4 Å². The van der Waals surface area contributed by atoms with E-state index >= 15 is 0 Å². The second-order valence-corrected chi connectivity index (χ2v) is 19.0. The molecule has 2 aromatic carbocycles. The molecule has 8 rings (SSSR count). The Kier molecular flexibility index (Phi) is 13.4. The molecule has 2 unspecified atom stereocenters. The zero-order chi connectivity index (χ0) is 44.2. The van der Waals surface area contributed by atoms with Crippen LogP contribution in [0.25, 0.3) is 0 Å². The van der Waals surface area contributed by atoms with E-state index in [9.17, 15) is 24.0 Å². The van der Waals surface area contributed by atoms with Gasteiger partial charge in [0.1, 0.15) is 6.61 Å². The van der Waals surface area contributed by atoms with Crippen molar-refractivity contribution in [1.29, 1.82) is 0 Å². The van der Waals surface area contributed by atoms with E-state index in [-0.39, 0.29) is 90.3 Å². The Bertz CT molecular complexity index is 1990. The van der Waals surface area contributed by atoms with E-state index < -0.39 is 18.2 Å². The first kappa shape index (κ1) is 44.8. The number of carbonyl (C=O) groups is 5. The van der Waals surface area contributed by atoms with Gasteiger partial charge in [0, 0.05) is 31.0 Å². The molecule has 4 amide bonds. The van der Waals surface area contributed by atoms with E-state index in [0.717, 1.165) is 30.4 Å². The van der Waals surface area contributed by atoms with Crippen molar-refractivity contribution >= 4 is 30.0 Å². The average molecular weight is 862 g/mol. The largest absolute Gasteiger partial charge is 0.493 e. The number of amides is 4. The van der Waals surface area contributed by atoms with Crippen LogP contribution in [0.5, 0.6) is 23.0 Å².